The Labute approximate surface area is 131 Å². The molecular formula is C14H17IN4O. The second-order valence-corrected chi connectivity index (χ2v) is 5.92. The lowest BCUT2D eigenvalue weighted by Gasteiger charge is -2.17. The maximum absolute atomic E-state index is 12.5. The molecule has 5 nitrogen and oxygen atoms in total. The maximum Gasteiger partial charge on any atom is 0.273 e. The summed E-state index contributed by atoms with van der Waals surface area (Å²) in [6.07, 6.45) is 2.01. The Bertz CT molecular complexity index is 644. The molecule has 106 valence electrons. The summed E-state index contributed by atoms with van der Waals surface area (Å²) < 4.78 is 1.04. The van der Waals surface area contributed by atoms with Gasteiger partial charge in [-0.1, -0.05) is 13.3 Å². The van der Waals surface area contributed by atoms with Crippen LogP contribution in [0.5, 0.6) is 0 Å². The number of halogens is 1. The number of nitrogens with zero attached hydrogens (tertiary/aromatic N) is 3. The molecule has 1 amide bonds. The van der Waals surface area contributed by atoms with Crippen LogP contribution in [0.4, 0.5) is 5.95 Å². The number of rotatable bonds is 4. The zero-order valence-corrected chi connectivity index (χ0v) is 13.7. The normalized spacial score (nSPS) is 10.8. The molecule has 0 bridgehead atoms. The standard InChI is InChI=1S/C14H17IN4O/c1-3-4-7-19(2)13(20)12-10-8-9(15)5-6-11(10)17-14(16)18-12/h5-6,8H,3-4,7H2,1-2H3,(H2,16,17,18). The maximum atomic E-state index is 12.5. The topological polar surface area (TPSA) is 72.1 Å². The van der Waals surface area contributed by atoms with E-state index in [4.69, 9.17) is 5.73 Å². The minimum atomic E-state index is -0.112. The Morgan fingerprint density at radius 1 is 1.40 bits per heavy atom. The van der Waals surface area contributed by atoms with Crippen molar-refractivity contribution in [2.24, 2.45) is 0 Å². The molecule has 1 heterocycles. The van der Waals surface area contributed by atoms with Crippen molar-refractivity contribution in [2.45, 2.75) is 19.8 Å². The summed E-state index contributed by atoms with van der Waals surface area (Å²) in [5, 5.41) is 0.749. The largest absolute Gasteiger partial charge is 0.368 e. The quantitative estimate of drug-likeness (QED) is 0.823. The first-order valence-electron chi connectivity index (χ1n) is 6.51. The predicted octanol–water partition coefficient (Wildman–Crippen LogP) is 2.69. The second kappa shape index (κ2) is 6.34. The van der Waals surface area contributed by atoms with E-state index in [1.54, 1.807) is 11.9 Å². The van der Waals surface area contributed by atoms with Gasteiger partial charge in [-0.25, -0.2) is 9.97 Å². The summed E-state index contributed by atoms with van der Waals surface area (Å²) in [6, 6.07) is 5.71. The van der Waals surface area contributed by atoms with Gasteiger partial charge >= 0.3 is 0 Å². The second-order valence-electron chi connectivity index (χ2n) is 4.67. The third-order valence-electron chi connectivity index (χ3n) is 3.07. The number of carbonyl (C=O) groups excluding carboxylic acids is 1. The number of nitrogens with two attached hydrogens (primary N) is 1. The van der Waals surface area contributed by atoms with E-state index in [-0.39, 0.29) is 11.9 Å². The Morgan fingerprint density at radius 2 is 2.15 bits per heavy atom. The predicted molar refractivity (Wildman–Crippen MR) is 88.5 cm³/mol. The number of anilines is 1. The van der Waals surface area contributed by atoms with Gasteiger partial charge in [-0.05, 0) is 47.2 Å². The van der Waals surface area contributed by atoms with Gasteiger partial charge in [0.15, 0.2) is 0 Å². The third kappa shape index (κ3) is 3.17. The van der Waals surface area contributed by atoms with Crippen LogP contribution in [0.1, 0.15) is 30.3 Å². The first-order chi connectivity index (χ1) is 9.52. The molecule has 0 fully saturated rings. The van der Waals surface area contributed by atoms with Crippen LogP contribution < -0.4 is 5.73 Å². The van der Waals surface area contributed by atoms with Gasteiger partial charge in [0.1, 0.15) is 5.69 Å². The van der Waals surface area contributed by atoms with Crippen LogP contribution in [-0.4, -0.2) is 34.4 Å². The summed E-state index contributed by atoms with van der Waals surface area (Å²) in [5.41, 5.74) is 6.78. The van der Waals surface area contributed by atoms with Gasteiger partial charge < -0.3 is 10.6 Å². The monoisotopic (exact) mass is 384 g/mol. The number of benzene rings is 1. The van der Waals surface area contributed by atoms with Crippen LogP contribution >= 0.6 is 22.6 Å². The van der Waals surface area contributed by atoms with Crippen molar-refractivity contribution < 1.29 is 4.79 Å². The Hall–Kier alpha value is -1.44. The van der Waals surface area contributed by atoms with Gasteiger partial charge in [0.2, 0.25) is 5.95 Å². The summed E-state index contributed by atoms with van der Waals surface area (Å²) in [5.74, 6) is 0.0190. The molecular weight excluding hydrogens is 367 g/mol. The lowest BCUT2D eigenvalue weighted by molar-refractivity contribution is 0.0789. The number of unbranched alkanes of at least 4 members (excludes halogenated alkanes) is 1. The van der Waals surface area contributed by atoms with E-state index in [0.29, 0.717) is 17.8 Å². The van der Waals surface area contributed by atoms with Crippen molar-refractivity contribution >= 4 is 45.3 Å². The fourth-order valence-electron chi connectivity index (χ4n) is 1.96. The molecule has 1 aromatic heterocycles. The van der Waals surface area contributed by atoms with E-state index in [2.05, 4.69) is 39.5 Å². The van der Waals surface area contributed by atoms with Gasteiger partial charge in [0.25, 0.3) is 5.91 Å². The number of nitrogen functional groups attached to an aromatic ring is 1. The smallest absolute Gasteiger partial charge is 0.273 e. The number of hydrogen-bond acceptors (Lipinski definition) is 4. The summed E-state index contributed by atoms with van der Waals surface area (Å²) in [7, 11) is 1.79. The van der Waals surface area contributed by atoms with Gasteiger partial charge in [-0.2, -0.15) is 0 Å². The van der Waals surface area contributed by atoms with Gasteiger partial charge in [0.05, 0.1) is 5.52 Å². The Balaban J connectivity index is 2.47. The molecule has 1 aromatic carbocycles. The fourth-order valence-corrected chi connectivity index (χ4v) is 2.45. The summed E-state index contributed by atoms with van der Waals surface area (Å²) in [6.45, 7) is 2.81. The van der Waals surface area contributed by atoms with E-state index >= 15 is 0 Å². The van der Waals surface area contributed by atoms with E-state index in [1.165, 1.54) is 0 Å². The molecule has 2 aromatic rings. The highest BCUT2D eigenvalue weighted by atomic mass is 127. The summed E-state index contributed by atoms with van der Waals surface area (Å²) in [4.78, 5) is 22.5. The van der Waals surface area contributed by atoms with Crippen molar-refractivity contribution in [3.05, 3.63) is 27.5 Å². The average molecular weight is 384 g/mol. The fraction of sp³-hybridized carbons (Fsp3) is 0.357. The molecule has 2 rings (SSSR count). The van der Waals surface area contributed by atoms with E-state index < -0.39 is 0 Å². The lowest BCUT2D eigenvalue weighted by atomic mass is 10.1. The number of aromatic nitrogens is 2. The lowest BCUT2D eigenvalue weighted by Crippen LogP contribution is -2.29. The number of hydrogen-bond donors (Lipinski definition) is 1. The number of amides is 1. The van der Waals surface area contributed by atoms with Crippen LogP contribution in [0.15, 0.2) is 18.2 Å². The number of carbonyl (C=O) groups is 1. The molecule has 0 aliphatic rings. The van der Waals surface area contributed by atoms with Crippen molar-refractivity contribution in [1.82, 2.24) is 14.9 Å². The minimum absolute atomic E-state index is 0.112. The summed E-state index contributed by atoms with van der Waals surface area (Å²) >= 11 is 2.20. The van der Waals surface area contributed by atoms with Crippen LogP contribution in [0.25, 0.3) is 10.9 Å². The highest BCUT2D eigenvalue weighted by Gasteiger charge is 2.18. The Kier molecular flexibility index (Phi) is 4.74. The average Bonchev–Trinajstić information content (AvgIpc) is 2.43. The molecule has 0 aliphatic heterocycles. The molecule has 0 unspecified atom stereocenters. The molecule has 0 atom stereocenters. The molecule has 20 heavy (non-hydrogen) atoms. The van der Waals surface area contributed by atoms with Crippen LogP contribution in [-0.2, 0) is 0 Å². The highest BCUT2D eigenvalue weighted by Crippen LogP contribution is 2.20. The van der Waals surface area contributed by atoms with E-state index in [9.17, 15) is 4.79 Å². The first-order valence-corrected chi connectivity index (χ1v) is 7.59. The SMILES string of the molecule is CCCCN(C)C(=O)c1nc(N)nc2ccc(I)cc12. The van der Waals surface area contributed by atoms with Crippen molar-refractivity contribution in [2.75, 3.05) is 19.3 Å². The van der Waals surface area contributed by atoms with Crippen molar-refractivity contribution in [1.29, 1.82) is 0 Å². The third-order valence-corrected chi connectivity index (χ3v) is 3.74. The molecule has 0 aliphatic carbocycles. The molecule has 0 radical (unpaired) electrons. The van der Waals surface area contributed by atoms with Gasteiger partial charge in [0, 0.05) is 22.5 Å². The van der Waals surface area contributed by atoms with Crippen LogP contribution in [0.2, 0.25) is 0 Å². The molecule has 2 N–H and O–H groups in total. The number of fused-ring (bicyclic) bond motifs is 1. The van der Waals surface area contributed by atoms with Crippen LogP contribution in [0.3, 0.4) is 0 Å². The van der Waals surface area contributed by atoms with Crippen molar-refractivity contribution in [3.63, 3.8) is 0 Å². The Morgan fingerprint density at radius 3 is 2.85 bits per heavy atom. The minimum Gasteiger partial charge on any atom is -0.368 e. The molecule has 6 heteroatoms. The molecule has 0 saturated carbocycles. The first kappa shape index (κ1) is 15.0. The van der Waals surface area contributed by atoms with E-state index in [1.807, 2.05) is 18.2 Å². The van der Waals surface area contributed by atoms with Gasteiger partial charge in [-0.15, -0.1) is 0 Å². The van der Waals surface area contributed by atoms with Crippen molar-refractivity contribution in [3.8, 4) is 0 Å². The highest BCUT2D eigenvalue weighted by molar-refractivity contribution is 14.1. The molecule has 0 saturated heterocycles. The van der Waals surface area contributed by atoms with E-state index in [0.717, 1.165) is 21.8 Å². The zero-order chi connectivity index (χ0) is 14.7. The van der Waals surface area contributed by atoms with Crippen LogP contribution in [0, 0.1) is 3.57 Å². The molecule has 0 spiro atoms. The zero-order valence-electron chi connectivity index (χ0n) is 11.6. The van der Waals surface area contributed by atoms with Gasteiger partial charge in [-0.3, -0.25) is 4.79 Å².